The van der Waals surface area contributed by atoms with Crippen LogP contribution in [0.3, 0.4) is 0 Å². The predicted octanol–water partition coefficient (Wildman–Crippen LogP) is 3.23. The minimum atomic E-state index is -1.82. The minimum absolute atomic E-state index is 0.889. The van der Waals surface area contributed by atoms with Crippen molar-refractivity contribution in [3.8, 4) is 5.75 Å². The van der Waals surface area contributed by atoms with Gasteiger partial charge in [-0.1, -0.05) is 29.5 Å². The molecule has 1 aromatic carbocycles. The molecule has 26 heavy (non-hydrogen) atoms. The smallest absolute Gasteiger partial charge is 0.414 e. The molecular weight excluding hydrogens is 356 g/mol. The molecule has 0 bridgehead atoms. The zero-order chi connectivity index (χ0) is 18.9. The molecule has 2 aromatic rings. The highest BCUT2D eigenvalue weighted by atomic mass is 32.1. The molecule has 3 N–H and O–H groups in total. The van der Waals surface area contributed by atoms with Gasteiger partial charge in [-0.25, -0.2) is 14.6 Å². The fourth-order valence-corrected chi connectivity index (χ4v) is 3.27. The second-order valence-electron chi connectivity index (χ2n) is 5.40. The van der Waals surface area contributed by atoms with Crippen molar-refractivity contribution in [2.75, 3.05) is 19.0 Å². The van der Waals surface area contributed by atoms with Crippen LogP contribution in [-0.4, -0.2) is 40.8 Å². The summed E-state index contributed by atoms with van der Waals surface area (Å²) in [6.45, 7) is 1.06. The normalized spacial score (nSPS) is 13.0. The lowest BCUT2D eigenvalue weighted by Gasteiger charge is -2.02. The molecule has 0 radical (unpaired) electrons. The average molecular weight is 376 g/mol. The number of nitrogens with one attached hydrogen (secondary N) is 1. The van der Waals surface area contributed by atoms with E-state index in [4.69, 9.17) is 29.5 Å². The van der Waals surface area contributed by atoms with Crippen LogP contribution in [0.4, 0.5) is 5.00 Å². The summed E-state index contributed by atoms with van der Waals surface area (Å²) >= 11 is 1.73. The van der Waals surface area contributed by atoms with Gasteiger partial charge in [0.1, 0.15) is 15.8 Å². The van der Waals surface area contributed by atoms with Crippen molar-refractivity contribution in [3.05, 3.63) is 40.5 Å². The van der Waals surface area contributed by atoms with E-state index in [9.17, 15) is 0 Å². The molecule has 1 aliphatic rings. The number of carbonyl (C=O) groups is 2. The molecule has 0 spiro atoms. The maximum atomic E-state index is 9.10. The van der Waals surface area contributed by atoms with E-state index in [0.29, 0.717) is 0 Å². The molecule has 1 aromatic heterocycles. The Morgan fingerprint density at radius 3 is 2.62 bits per heavy atom. The molecule has 0 aliphatic carbocycles. The Kier molecular flexibility index (Phi) is 7.16. The Bertz CT molecular complexity index is 765. The Morgan fingerprint density at radius 1 is 1.19 bits per heavy atom. The van der Waals surface area contributed by atoms with Crippen molar-refractivity contribution in [2.24, 2.45) is 0 Å². The van der Waals surface area contributed by atoms with Crippen molar-refractivity contribution in [1.29, 1.82) is 0 Å². The van der Waals surface area contributed by atoms with Gasteiger partial charge in [0.05, 0.1) is 12.8 Å². The summed E-state index contributed by atoms with van der Waals surface area (Å²) in [5.74, 6) is -2.76. The zero-order valence-corrected chi connectivity index (χ0v) is 15.1. The van der Waals surface area contributed by atoms with Gasteiger partial charge >= 0.3 is 11.9 Å². The molecule has 0 atom stereocenters. The summed E-state index contributed by atoms with van der Waals surface area (Å²) in [7, 11) is 1.70. The number of methoxy groups -OCH3 is 1. The minimum Gasteiger partial charge on any atom is -0.496 e. The van der Waals surface area contributed by atoms with Crippen molar-refractivity contribution in [2.45, 2.75) is 19.3 Å². The zero-order valence-electron chi connectivity index (χ0n) is 14.3. The highest BCUT2D eigenvalue weighted by Crippen LogP contribution is 2.29. The number of hydrogen-bond donors (Lipinski definition) is 3. The maximum absolute atomic E-state index is 9.10. The molecule has 2 heterocycles. The summed E-state index contributed by atoms with van der Waals surface area (Å²) < 4.78 is 5.35. The van der Waals surface area contributed by atoms with Crippen LogP contribution < -0.4 is 10.1 Å². The summed E-state index contributed by atoms with van der Waals surface area (Å²) in [6, 6.07) is 8.01. The SMILES string of the molecule is COc1ccccc1/C=C/c1nc2c(s1)NCCCC2.O=C(O)C(=O)O. The number of carboxylic acid groups (broad SMARTS) is 2. The molecule has 8 heteroatoms. The van der Waals surface area contributed by atoms with E-state index in [-0.39, 0.29) is 0 Å². The molecule has 0 saturated carbocycles. The van der Waals surface area contributed by atoms with E-state index in [2.05, 4.69) is 17.5 Å². The Labute approximate surface area is 155 Å². The van der Waals surface area contributed by atoms with E-state index in [1.165, 1.54) is 23.5 Å². The van der Waals surface area contributed by atoms with Crippen LogP contribution in [0.1, 0.15) is 29.1 Å². The van der Waals surface area contributed by atoms with E-state index in [1.54, 1.807) is 18.4 Å². The number of carboxylic acids is 2. The lowest BCUT2D eigenvalue weighted by molar-refractivity contribution is -0.159. The first-order chi connectivity index (χ1) is 12.5. The van der Waals surface area contributed by atoms with Crippen LogP contribution in [0.25, 0.3) is 12.2 Å². The highest BCUT2D eigenvalue weighted by Gasteiger charge is 2.12. The molecule has 0 unspecified atom stereocenters. The number of aliphatic carboxylic acids is 2. The third-order valence-corrected chi connectivity index (χ3v) is 4.59. The van der Waals surface area contributed by atoms with Gasteiger partial charge in [-0.15, -0.1) is 0 Å². The van der Waals surface area contributed by atoms with Gasteiger partial charge in [-0.2, -0.15) is 0 Å². The van der Waals surface area contributed by atoms with Gasteiger partial charge in [-0.3, -0.25) is 0 Å². The second kappa shape index (κ2) is 9.57. The summed E-state index contributed by atoms with van der Waals surface area (Å²) in [5.41, 5.74) is 2.29. The first-order valence-corrected chi connectivity index (χ1v) is 8.83. The Hall–Kier alpha value is -2.87. The third kappa shape index (κ3) is 5.59. The van der Waals surface area contributed by atoms with Crippen LogP contribution in [0.15, 0.2) is 24.3 Å². The van der Waals surface area contributed by atoms with Crippen LogP contribution in [0, 0.1) is 0 Å². The predicted molar refractivity (Wildman–Crippen MR) is 101 cm³/mol. The van der Waals surface area contributed by atoms with Crippen LogP contribution >= 0.6 is 11.3 Å². The first-order valence-electron chi connectivity index (χ1n) is 8.02. The van der Waals surface area contributed by atoms with Crippen LogP contribution in [-0.2, 0) is 16.0 Å². The molecule has 7 nitrogen and oxygen atoms in total. The molecule has 1 aliphatic heterocycles. The van der Waals surface area contributed by atoms with Crippen molar-refractivity contribution < 1.29 is 24.5 Å². The van der Waals surface area contributed by atoms with Crippen molar-refractivity contribution >= 4 is 40.4 Å². The van der Waals surface area contributed by atoms with Gasteiger partial charge in [0.2, 0.25) is 0 Å². The van der Waals surface area contributed by atoms with E-state index < -0.39 is 11.9 Å². The number of hydrogen-bond acceptors (Lipinski definition) is 6. The fourth-order valence-electron chi connectivity index (χ4n) is 2.33. The number of benzene rings is 1. The van der Waals surface area contributed by atoms with Gasteiger partial charge < -0.3 is 20.3 Å². The van der Waals surface area contributed by atoms with E-state index in [0.717, 1.165) is 29.3 Å². The Morgan fingerprint density at radius 2 is 1.92 bits per heavy atom. The topological polar surface area (TPSA) is 109 Å². The van der Waals surface area contributed by atoms with Gasteiger partial charge in [0, 0.05) is 12.1 Å². The fraction of sp³-hybridized carbons (Fsp3) is 0.278. The number of rotatable bonds is 3. The van der Waals surface area contributed by atoms with E-state index in [1.807, 2.05) is 24.3 Å². The van der Waals surface area contributed by atoms with Crippen molar-refractivity contribution in [1.82, 2.24) is 4.98 Å². The molecule has 138 valence electrons. The number of aryl methyl sites for hydroxylation is 1. The molecular formula is C18H20N2O5S. The van der Waals surface area contributed by atoms with Gasteiger partial charge in [-0.05, 0) is 37.5 Å². The van der Waals surface area contributed by atoms with Crippen LogP contribution in [0.2, 0.25) is 0 Å². The number of thiazole rings is 1. The monoisotopic (exact) mass is 376 g/mol. The summed E-state index contributed by atoms with van der Waals surface area (Å²) in [5, 5.41) is 20.5. The van der Waals surface area contributed by atoms with Gasteiger partial charge in [0.25, 0.3) is 0 Å². The summed E-state index contributed by atoms with van der Waals surface area (Å²) in [6.07, 6.45) is 7.67. The average Bonchev–Trinajstić information content (AvgIpc) is 2.89. The number of nitrogens with zero attached hydrogens (tertiary/aromatic N) is 1. The maximum Gasteiger partial charge on any atom is 0.414 e. The summed E-state index contributed by atoms with van der Waals surface area (Å²) in [4.78, 5) is 22.9. The van der Waals surface area contributed by atoms with E-state index >= 15 is 0 Å². The van der Waals surface area contributed by atoms with Crippen LogP contribution in [0.5, 0.6) is 5.75 Å². The number of para-hydroxylation sites is 1. The largest absolute Gasteiger partial charge is 0.496 e. The standard InChI is InChI=1S/C16H18N2OS.C2H2O4/c1-19-14-8-3-2-6-12(14)9-10-15-18-13-7-4-5-11-17-16(13)20-15;3-1(4)2(5)6/h2-3,6,8-10,17H,4-5,7,11H2,1H3;(H,3,4)(H,5,6)/b10-9+;. The lowest BCUT2D eigenvalue weighted by Crippen LogP contribution is -2.09. The quantitative estimate of drug-likeness (QED) is 0.706. The highest BCUT2D eigenvalue weighted by molar-refractivity contribution is 7.16. The number of fused-ring (bicyclic) bond motifs is 1. The van der Waals surface area contributed by atoms with Crippen molar-refractivity contribution in [3.63, 3.8) is 0 Å². The third-order valence-electron chi connectivity index (χ3n) is 3.57. The molecule has 0 saturated heterocycles. The second-order valence-corrected chi connectivity index (χ2v) is 6.43. The first kappa shape index (κ1) is 19.5. The lowest BCUT2D eigenvalue weighted by atomic mass is 10.2. The molecule has 3 rings (SSSR count). The molecule has 0 fully saturated rings. The number of ether oxygens (including phenoxy) is 1. The van der Waals surface area contributed by atoms with Gasteiger partial charge in [0.15, 0.2) is 0 Å². The Balaban J connectivity index is 0.000000352. The number of anilines is 1. The molecule has 0 amide bonds. The number of aromatic nitrogens is 1.